The summed E-state index contributed by atoms with van der Waals surface area (Å²) in [4.78, 5) is 40.1. The number of carbonyl (C=O) groups excluding carboxylic acids is 2. The Morgan fingerprint density at radius 2 is 1.48 bits per heavy atom. The topological polar surface area (TPSA) is 108 Å². The lowest BCUT2D eigenvalue weighted by Crippen LogP contribution is -2.51. The van der Waals surface area contributed by atoms with Gasteiger partial charge in [-0.05, 0) is 46.7 Å². The predicted molar refractivity (Wildman–Crippen MR) is 163 cm³/mol. The molecule has 0 radical (unpaired) electrons. The van der Waals surface area contributed by atoms with Gasteiger partial charge in [0, 0.05) is 25.6 Å². The van der Waals surface area contributed by atoms with E-state index in [0.29, 0.717) is 13.0 Å². The fourth-order valence-corrected chi connectivity index (χ4v) is 5.60. The van der Waals surface area contributed by atoms with Crippen LogP contribution in [-0.4, -0.2) is 60.8 Å². The Kier molecular flexibility index (Phi) is 10.0. The molecule has 0 saturated carbocycles. The van der Waals surface area contributed by atoms with Crippen LogP contribution in [0.3, 0.4) is 0 Å². The van der Waals surface area contributed by atoms with Crippen LogP contribution in [0.5, 0.6) is 0 Å². The summed E-state index contributed by atoms with van der Waals surface area (Å²) >= 11 is 0. The third-order valence-electron chi connectivity index (χ3n) is 7.47. The number of aliphatic carboxylic acids is 1. The molecule has 2 amide bonds. The maximum Gasteiger partial charge on any atom is 0.407 e. The number of carbonyl (C=O) groups is 3. The highest BCUT2D eigenvalue weighted by molar-refractivity contribution is 5.85. The number of benzene rings is 3. The summed E-state index contributed by atoms with van der Waals surface area (Å²) in [6.07, 6.45) is -0.157. The van der Waals surface area contributed by atoms with Crippen LogP contribution < -0.4 is 10.6 Å². The fraction of sp³-hybridized carbons (Fsp3) is 0.382. The lowest BCUT2D eigenvalue weighted by Gasteiger charge is -2.28. The Morgan fingerprint density at radius 1 is 0.905 bits per heavy atom. The maximum absolute atomic E-state index is 13.3. The van der Waals surface area contributed by atoms with Crippen molar-refractivity contribution in [1.29, 1.82) is 0 Å². The largest absolute Gasteiger partial charge is 0.480 e. The standard InChI is InChI=1S/C34H41N3O5/c1-34(2,3)18-24(31(38)36-30(32(39)40)21-37(4)20-23-12-6-5-7-13-23)19-35-33(41)42-22-29-27-16-10-8-14-25(27)26-15-9-11-17-28(26)29/h5-17,24,29-30H,18-22H2,1-4H3,(H,35,41)(H,36,38)(H,39,40). The maximum atomic E-state index is 13.3. The van der Waals surface area contributed by atoms with E-state index >= 15 is 0 Å². The number of nitrogens with one attached hydrogen (secondary N) is 2. The Morgan fingerprint density at radius 3 is 2.05 bits per heavy atom. The van der Waals surface area contributed by atoms with Crippen molar-refractivity contribution >= 4 is 18.0 Å². The number of fused-ring (bicyclic) bond motifs is 3. The van der Waals surface area contributed by atoms with Crippen molar-refractivity contribution < 1.29 is 24.2 Å². The molecule has 42 heavy (non-hydrogen) atoms. The average Bonchev–Trinajstić information content (AvgIpc) is 3.27. The smallest absolute Gasteiger partial charge is 0.407 e. The molecule has 0 bridgehead atoms. The van der Waals surface area contributed by atoms with Gasteiger partial charge in [0.1, 0.15) is 12.6 Å². The first-order valence-electron chi connectivity index (χ1n) is 14.4. The number of carboxylic acids is 1. The molecular weight excluding hydrogens is 530 g/mol. The minimum absolute atomic E-state index is 0.0337. The Balaban J connectivity index is 1.35. The Labute approximate surface area is 248 Å². The third-order valence-corrected chi connectivity index (χ3v) is 7.47. The monoisotopic (exact) mass is 571 g/mol. The SMILES string of the molecule is CN(Cc1ccccc1)CC(NC(=O)C(CNC(=O)OCC1c2ccccc2-c2ccccc21)CC(C)(C)C)C(=O)O. The van der Waals surface area contributed by atoms with Gasteiger partial charge in [-0.2, -0.15) is 0 Å². The van der Waals surface area contributed by atoms with Crippen molar-refractivity contribution in [2.24, 2.45) is 11.3 Å². The van der Waals surface area contributed by atoms with Gasteiger partial charge in [-0.25, -0.2) is 9.59 Å². The molecule has 8 nitrogen and oxygen atoms in total. The second-order valence-electron chi connectivity index (χ2n) is 12.2. The van der Waals surface area contributed by atoms with Crippen molar-refractivity contribution in [3.63, 3.8) is 0 Å². The number of carboxylic acid groups (broad SMARTS) is 1. The van der Waals surface area contributed by atoms with Crippen LogP contribution in [0.15, 0.2) is 78.9 Å². The molecule has 0 aromatic heterocycles. The van der Waals surface area contributed by atoms with Crippen LogP contribution in [0.4, 0.5) is 4.79 Å². The van der Waals surface area contributed by atoms with Gasteiger partial charge in [0.25, 0.3) is 0 Å². The highest BCUT2D eigenvalue weighted by atomic mass is 16.5. The molecule has 0 fully saturated rings. The first-order valence-corrected chi connectivity index (χ1v) is 14.4. The van der Waals surface area contributed by atoms with Gasteiger partial charge < -0.3 is 20.5 Å². The van der Waals surface area contributed by atoms with E-state index in [0.717, 1.165) is 27.8 Å². The van der Waals surface area contributed by atoms with Gasteiger partial charge in [-0.15, -0.1) is 0 Å². The van der Waals surface area contributed by atoms with Crippen molar-refractivity contribution in [3.8, 4) is 11.1 Å². The van der Waals surface area contributed by atoms with Crippen LogP contribution in [0, 0.1) is 11.3 Å². The highest BCUT2D eigenvalue weighted by Crippen LogP contribution is 2.44. The molecule has 0 heterocycles. The number of alkyl carbamates (subject to hydrolysis) is 1. The molecule has 3 aromatic carbocycles. The quantitative estimate of drug-likeness (QED) is 0.273. The number of likely N-dealkylation sites (N-methyl/N-ethyl adjacent to an activating group) is 1. The van der Waals surface area contributed by atoms with E-state index in [2.05, 4.69) is 34.9 Å². The summed E-state index contributed by atoms with van der Waals surface area (Å²) in [5.41, 5.74) is 5.35. The van der Waals surface area contributed by atoms with Crippen molar-refractivity contribution in [2.45, 2.75) is 45.7 Å². The van der Waals surface area contributed by atoms with Crippen LogP contribution in [0.25, 0.3) is 11.1 Å². The lowest BCUT2D eigenvalue weighted by atomic mass is 9.84. The average molecular weight is 572 g/mol. The molecular formula is C34H41N3O5. The molecule has 3 N–H and O–H groups in total. The van der Waals surface area contributed by atoms with Crippen molar-refractivity contribution in [2.75, 3.05) is 26.7 Å². The first kappa shape index (κ1) is 30.8. The van der Waals surface area contributed by atoms with E-state index in [-0.39, 0.29) is 31.0 Å². The first-order chi connectivity index (χ1) is 20.0. The van der Waals surface area contributed by atoms with Gasteiger partial charge in [0.05, 0.1) is 5.92 Å². The summed E-state index contributed by atoms with van der Waals surface area (Å²) in [5, 5.41) is 15.3. The Bertz CT molecular complexity index is 1340. The van der Waals surface area contributed by atoms with E-state index in [1.165, 1.54) is 0 Å². The zero-order valence-corrected chi connectivity index (χ0v) is 24.8. The number of hydrogen-bond acceptors (Lipinski definition) is 5. The summed E-state index contributed by atoms with van der Waals surface area (Å²) in [6, 6.07) is 24.9. The molecule has 8 heteroatoms. The number of hydrogen-bond donors (Lipinski definition) is 3. The van der Waals surface area contributed by atoms with Gasteiger partial charge in [-0.3, -0.25) is 9.69 Å². The normalized spacial score (nSPS) is 14.0. The fourth-order valence-electron chi connectivity index (χ4n) is 5.60. The number of nitrogens with zero attached hydrogens (tertiary/aromatic N) is 1. The van der Waals surface area contributed by atoms with Gasteiger partial charge >= 0.3 is 12.1 Å². The van der Waals surface area contributed by atoms with Gasteiger partial charge in [-0.1, -0.05) is 99.6 Å². The Hall–Kier alpha value is -4.17. The minimum Gasteiger partial charge on any atom is -0.480 e. The molecule has 3 aromatic rings. The molecule has 2 atom stereocenters. The van der Waals surface area contributed by atoms with Crippen LogP contribution in [-0.2, 0) is 20.9 Å². The summed E-state index contributed by atoms with van der Waals surface area (Å²) in [7, 11) is 1.82. The van der Waals surface area contributed by atoms with Crippen LogP contribution in [0.1, 0.15) is 49.8 Å². The molecule has 0 saturated heterocycles. The zero-order valence-electron chi connectivity index (χ0n) is 24.8. The van der Waals surface area contributed by atoms with E-state index < -0.39 is 29.9 Å². The second kappa shape index (κ2) is 13.7. The highest BCUT2D eigenvalue weighted by Gasteiger charge is 2.31. The van der Waals surface area contributed by atoms with Crippen LogP contribution >= 0.6 is 0 Å². The molecule has 1 aliphatic rings. The van der Waals surface area contributed by atoms with Crippen LogP contribution in [0.2, 0.25) is 0 Å². The zero-order chi connectivity index (χ0) is 30.3. The summed E-state index contributed by atoms with van der Waals surface area (Å²) in [6.45, 7) is 6.90. The predicted octanol–water partition coefficient (Wildman–Crippen LogP) is 5.28. The number of rotatable bonds is 12. The van der Waals surface area contributed by atoms with E-state index in [4.69, 9.17) is 4.74 Å². The summed E-state index contributed by atoms with van der Waals surface area (Å²) < 4.78 is 5.65. The molecule has 1 aliphatic carbocycles. The van der Waals surface area contributed by atoms with Gasteiger partial charge in [0.15, 0.2) is 0 Å². The van der Waals surface area contributed by atoms with E-state index in [9.17, 15) is 19.5 Å². The second-order valence-corrected chi connectivity index (χ2v) is 12.2. The molecule has 2 unspecified atom stereocenters. The van der Waals surface area contributed by atoms with Crippen molar-refractivity contribution in [3.05, 3.63) is 95.6 Å². The van der Waals surface area contributed by atoms with Gasteiger partial charge in [0.2, 0.25) is 5.91 Å². The number of amides is 2. The molecule has 222 valence electrons. The van der Waals surface area contributed by atoms with E-state index in [1.54, 1.807) is 0 Å². The summed E-state index contributed by atoms with van der Waals surface area (Å²) in [5.74, 6) is -2.22. The lowest BCUT2D eigenvalue weighted by molar-refractivity contribution is -0.143. The molecule has 0 aliphatic heterocycles. The number of ether oxygens (including phenoxy) is 1. The third kappa shape index (κ3) is 8.19. The van der Waals surface area contributed by atoms with Crippen molar-refractivity contribution in [1.82, 2.24) is 15.5 Å². The molecule has 4 rings (SSSR count). The molecule has 0 spiro atoms. The minimum atomic E-state index is -1.11. The van der Waals surface area contributed by atoms with E-state index in [1.807, 2.05) is 87.3 Å².